The molecule has 2 unspecified atom stereocenters. The summed E-state index contributed by atoms with van der Waals surface area (Å²) < 4.78 is 1.28. The van der Waals surface area contributed by atoms with E-state index >= 15 is 0 Å². The maximum atomic E-state index is 12.2. The summed E-state index contributed by atoms with van der Waals surface area (Å²) in [7, 11) is 0. The molecule has 0 bridgehead atoms. The van der Waals surface area contributed by atoms with Crippen molar-refractivity contribution < 1.29 is 9.72 Å². The van der Waals surface area contributed by atoms with E-state index in [4.69, 9.17) is 0 Å². The van der Waals surface area contributed by atoms with Crippen LogP contribution in [0.2, 0.25) is 0 Å². The molecule has 110 valence electrons. The third-order valence-corrected chi connectivity index (χ3v) is 3.23. The smallest absolute Gasteiger partial charge is 0.307 e. The number of rotatable bonds is 5. The molecule has 2 rings (SSSR count). The lowest BCUT2D eigenvalue weighted by Crippen LogP contribution is -2.33. The van der Waals surface area contributed by atoms with E-state index in [-0.39, 0.29) is 17.6 Å². The molecule has 0 radical (unpaired) electrons. The highest BCUT2D eigenvalue weighted by Crippen LogP contribution is 2.16. The average Bonchev–Trinajstić information content (AvgIpc) is 2.97. The van der Waals surface area contributed by atoms with Crippen LogP contribution >= 0.6 is 0 Å². The van der Waals surface area contributed by atoms with Crippen LogP contribution < -0.4 is 5.32 Å². The lowest BCUT2D eigenvalue weighted by atomic mass is 10.1. The Bertz CT molecular complexity index is 639. The van der Waals surface area contributed by atoms with Crippen molar-refractivity contribution in [2.75, 3.05) is 0 Å². The van der Waals surface area contributed by atoms with E-state index < -0.39 is 11.0 Å². The Morgan fingerprint density at radius 2 is 2.00 bits per heavy atom. The highest BCUT2D eigenvalue weighted by Gasteiger charge is 2.20. The number of carbonyl (C=O) groups excluding carboxylic acids is 1. The zero-order valence-electron chi connectivity index (χ0n) is 11.8. The Morgan fingerprint density at radius 1 is 1.33 bits per heavy atom. The number of carbonyl (C=O) groups is 1. The predicted octanol–water partition coefficient (Wildman–Crippen LogP) is 2.23. The van der Waals surface area contributed by atoms with Gasteiger partial charge in [-0.25, -0.2) is 0 Å². The van der Waals surface area contributed by atoms with Gasteiger partial charge in [0.2, 0.25) is 5.91 Å². The number of benzene rings is 1. The van der Waals surface area contributed by atoms with Crippen LogP contribution in [0, 0.1) is 10.1 Å². The van der Waals surface area contributed by atoms with Gasteiger partial charge in [-0.2, -0.15) is 5.10 Å². The zero-order valence-corrected chi connectivity index (χ0v) is 11.8. The monoisotopic (exact) mass is 288 g/mol. The van der Waals surface area contributed by atoms with E-state index in [1.807, 2.05) is 37.3 Å². The van der Waals surface area contributed by atoms with Crippen LogP contribution in [-0.2, 0) is 4.79 Å². The summed E-state index contributed by atoms with van der Waals surface area (Å²) in [6, 6.07) is 8.79. The largest absolute Gasteiger partial charge is 0.348 e. The van der Waals surface area contributed by atoms with Crippen LogP contribution in [0.25, 0.3) is 0 Å². The number of nitro groups is 1. The van der Waals surface area contributed by atoms with Gasteiger partial charge in [-0.1, -0.05) is 30.3 Å². The minimum absolute atomic E-state index is 0.134. The van der Waals surface area contributed by atoms with Gasteiger partial charge in [-0.05, 0) is 19.4 Å². The van der Waals surface area contributed by atoms with Crippen molar-refractivity contribution in [2.24, 2.45) is 0 Å². The number of hydrogen-bond acceptors (Lipinski definition) is 4. The molecule has 21 heavy (non-hydrogen) atoms. The standard InChI is InChI=1S/C14H16N4O3/c1-10(12-6-4-3-5-7-12)16-14(19)11(2)17-9-13(8-15-17)18(20)21/h3-11H,1-2H3,(H,16,19). The fraction of sp³-hybridized carbons (Fsp3) is 0.286. The Labute approximate surface area is 121 Å². The topological polar surface area (TPSA) is 90.1 Å². The quantitative estimate of drug-likeness (QED) is 0.674. The SMILES string of the molecule is CC(NC(=O)C(C)n1cc([N+](=O)[O-])cn1)c1ccccc1. The summed E-state index contributed by atoms with van der Waals surface area (Å²) in [6.45, 7) is 3.52. The lowest BCUT2D eigenvalue weighted by molar-refractivity contribution is -0.385. The second kappa shape index (κ2) is 6.17. The molecule has 1 N–H and O–H groups in total. The number of nitrogens with zero attached hydrogens (tertiary/aromatic N) is 3. The van der Waals surface area contributed by atoms with E-state index in [0.717, 1.165) is 11.8 Å². The highest BCUT2D eigenvalue weighted by atomic mass is 16.6. The molecule has 0 aliphatic carbocycles. The van der Waals surface area contributed by atoms with Crippen molar-refractivity contribution in [3.63, 3.8) is 0 Å². The molecule has 0 saturated carbocycles. The third-order valence-electron chi connectivity index (χ3n) is 3.23. The van der Waals surface area contributed by atoms with Gasteiger partial charge in [0.05, 0.1) is 11.0 Å². The maximum Gasteiger partial charge on any atom is 0.307 e. The molecule has 1 aromatic carbocycles. The van der Waals surface area contributed by atoms with Crippen molar-refractivity contribution in [1.29, 1.82) is 0 Å². The van der Waals surface area contributed by atoms with Crippen molar-refractivity contribution in [1.82, 2.24) is 15.1 Å². The summed E-state index contributed by atoms with van der Waals surface area (Å²) in [5.41, 5.74) is 0.857. The summed E-state index contributed by atoms with van der Waals surface area (Å²) in [5.74, 6) is -0.246. The average molecular weight is 288 g/mol. The molecule has 1 amide bonds. The molecule has 0 aliphatic heterocycles. The van der Waals surface area contributed by atoms with Crippen molar-refractivity contribution in [3.8, 4) is 0 Å². The fourth-order valence-corrected chi connectivity index (χ4v) is 1.91. The number of aromatic nitrogens is 2. The lowest BCUT2D eigenvalue weighted by Gasteiger charge is -2.18. The first-order valence-corrected chi connectivity index (χ1v) is 6.53. The molecular formula is C14H16N4O3. The van der Waals surface area contributed by atoms with Crippen molar-refractivity contribution in [3.05, 3.63) is 58.4 Å². The Balaban J connectivity index is 2.03. The van der Waals surface area contributed by atoms with Gasteiger partial charge >= 0.3 is 5.69 Å². The van der Waals surface area contributed by atoms with Gasteiger partial charge in [0.1, 0.15) is 18.4 Å². The van der Waals surface area contributed by atoms with E-state index in [2.05, 4.69) is 10.4 Å². The van der Waals surface area contributed by atoms with E-state index in [9.17, 15) is 14.9 Å². The Hall–Kier alpha value is -2.70. The number of amides is 1. The van der Waals surface area contributed by atoms with Gasteiger partial charge in [0.15, 0.2) is 0 Å². The van der Waals surface area contributed by atoms with Crippen LogP contribution in [0.1, 0.15) is 31.5 Å². The first-order valence-electron chi connectivity index (χ1n) is 6.53. The molecule has 7 nitrogen and oxygen atoms in total. The minimum atomic E-state index is -0.620. The Kier molecular flexibility index (Phi) is 4.32. The second-order valence-corrected chi connectivity index (χ2v) is 4.75. The van der Waals surface area contributed by atoms with Crippen LogP contribution in [0.5, 0.6) is 0 Å². The number of hydrogen-bond donors (Lipinski definition) is 1. The van der Waals surface area contributed by atoms with Gasteiger partial charge in [0.25, 0.3) is 0 Å². The van der Waals surface area contributed by atoms with E-state index in [1.165, 1.54) is 10.9 Å². The molecular weight excluding hydrogens is 272 g/mol. The summed E-state index contributed by atoms with van der Waals surface area (Å²) in [5, 5.41) is 17.3. The molecule has 0 spiro atoms. The van der Waals surface area contributed by atoms with Crippen molar-refractivity contribution in [2.45, 2.75) is 25.9 Å². The predicted molar refractivity (Wildman–Crippen MR) is 76.6 cm³/mol. The van der Waals surface area contributed by atoms with Gasteiger partial charge in [-0.15, -0.1) is 0 Å². The van der Waals surface area contributed by atoms with E-state index in [0.29, 0.717) is 0 Å². The maximum absolute atomic E-state index is 12.2. The van der Waals surface area contributed by atoms with Crippen LogP contribution in [0.15, 0.2) is 42.7 Å². The summed E-state index contributed by atoms with van der Waals surface area (Å²) in [4.78, 5) is 22.2. The van der Waals surface area contributed by atoms with Gasteiger partial charge in [0, 0.05) is 0 Å². The molecule has 7 heteroatoms. The molecule has 0 saturated heterocycles. The molecule has 2 atom stereocenters. The first kappa shape index (κ1) is 14.7. The number of nitrogens with one attached hydrogen (secondary N) is 1. The Morgan fingerprint density at radius 3 is 2.57 bits per heavy atom. The first-order chi connectivity index (χ1) is 9.99. The van der Waals surface area contributed by atoms with Crippen molar-refractivity contribution >= 4 is 11.6 Å². The van der Waals surface area contributed by atoms with Gasteiger partial charge in [-0.3, -0.25) is 19.6 Å². The van der Waals surface area contributed by atoms with Crippen LogP contribution in [0.3, 0.4) is 0 Å². The molecule has 0 fully saturated rings. The molecule has 1 aromatic heterocycles. The highest BCUT2D eigenvalue weighted by molar-refractivity contribution is 5.80. The molecule has 1 heterocycles. The van der Waals surface area contributed by atoms with Gasteiger partial charge < -0.3 is 5.32 Å². The summed E-state index contributed by atoms with van der Waals surface area (Å²) in [6.07, 6.45) is 2.38. The minimum Gasteiger partial charge on any atom is -0.348 e. The molecule has 0 aliphatic rings. The molecule has 2 aromatic rings. The zero-order chi connectivity index (χ0) is 15.4. The van der Waals surface area contributed by atoms with Crippen LogP contribution in [-0.4, -0.2) is 20.6 Å². The van der Waals surface area contributed by atoms with E-state index in [1.54, 1.807) is 6.92 Å². The van der Waals surface area contributed by atoms with Crippen LogP contribution in [0.4, 0.5) is 5.69 Å². The second-order valence-electron chi connectivity index (χ2n) is 4.75. The normalized spacial score (nSPS) is 13.4. The fourth-order valence-electron chi connectivity index (χ4n) is 1.91. The third kappa shape index (κ3) is 3.44. The summed E-state index contributed by atoms with van der Waals surface area (Å²) >= 11 is 0.